The van der Waals surface area contributed by atoms with E-state index >= 15 is 0 Å². The summed E-state index contributed by atoms with van der Waals surface area (Å²) in [5.41, 5.74) is 1.37. The van der Waals surface area contributed by atoms with E-state index in [4.69, 9.17) is 4.74 Å². The number of likely N-dealkylation sites (tertiary alicyclic amines) is 1. The predicted molar refractivity (Wildman–Crippen MR) is 87.7 cm³/mol. The second kappa shape index (κ2) is 7.00. The molecule has 2 fully saturated rings. The Morgan fingerprint density at radius 2 is 1.91 bits per heavy atom. The van der Waals surface area contributed by atoms with Gasteiger partial charge >= 0.3 is 6.09 Å². The molecule has 2 amide bonds. The standard InChI is InChI=1S/C17H23N3O3/c1-13(19-8-2-3-9-19)12-18-16(21)14-4-6-15(7-5-14)20-10-11-23-17(20)22/h4-7,13H,2-3,8-12H2,1H3,(H,18,21). The molecule has 1 atom stereocenters. The highest BCUT2D eigenvalue weighted by Gasteiger charge is 2.23. The van der Waals surface area contributed by atoms with Crippen molar-refractivity contribution >= 4 is 17.7 Å². The summed E-state index contributed by atoms with van der Waals surface area (Å²) in [6.45, 7) is 6.01. The number of hydrogen-bond donors (Lipinski definition) is 1. The number of nitrogens with one attached hydrogen (secondary N) is 1. The number of amides is 2. The Kier molecular flexibility index (Phi) is 4.81. The van der Waals surface area contributed by atoms with Crippen LogP contribution in [-0.4, -0.2) is 55.7 Å². The van der Waals surface area contributed by atoms with Crippen molar-refractivity contribution in [1.29, 1.82) is 0 Å². The molecule has 0 saturated carbocycles. The van der Waals surface area contributed by atoms with Crippen LogP contribution in [0.5, 0.6) is 0 Å². The number of benzene rings is 1. The van der Waals surface area contributed by atoms with Gasteiger partial charge in [0.05, 0.1) is 6.54 Å². The maximum absolute atomic E-state index is 12.2. The van der Waals surface area contributed by atoms with Crippen LogP contribution in [0.3, 0.4) is 0 Å². The van der Waals surface area contributed by atoms with Gasteiger partial charge in [0.2, 0.25) is 0 Å². The first-order chi connectivity index (χ1) is 11.1. The molecule has 3 rings (SSSR count). The first-order valence-corrected chi connectivity index (χ1v) is 8.22. The van der Waals surface area contributed by atoms with Gasteiger partial charge in [-0.2, -0.15) is 0 Å². The number of cyclic esters (lactones) is 1. The van der Waals surface area contributed by atoms with Crippen LogP contribution in [0.1, 0.15) is 30.1 Å². The van der Waals surface area contributed by atoms with Gasteiger partial charge in [-0.1, -0.05) is 0 Å². The lowest BCUT2D eigenvalue weighted by molar-refractivity contribution is 0.0940. The van der Waals surface area contributed by atoms with E-state index in [0.29, 0.717) is 31.3 Å². The van der Waals surface area contributed by atoms with Gasteiger partial charge in [0.15, 0.2) is 0 Å². The first-order valence-electron chi connectivity index (χ1n) is 8.22. The Morgan fingerprint density at radius 3 is 2.52 bits per heavy atom. The number of rotatable bonds is 5. The normalized spacial score (nSPS) is 19.7. The first kappa shape index (κ1) is 15.8. The number of carbonyl (C=O) groups is 2. The van der Waals surface area contributed by atoms with Gasteiger partial charge in [-0.05, 0) is 57.1 Å². The molecule has 0 spiro atoms. The van der Waals surface area contributed by atoms with Crippen molar-refractivity contribution < 1.29 is 14.3 Å². The highest BCUT2D eigenvalue weighted by atomic mass is 16.6. The number of hydrogen-bond acceptors (Lipinski definition) is 4. The molecule has 1 aromatic carbocycles. The van der Waals surface area contributed by atoms with E-state index in [9.17, 15) is 9.59 Å². The third-order valence-electron chi connectivity index (χ3n) is 4.52. The molecule has 0 radical (unpaired) electrons. The van der Waals surface area contributed by atoms with E-state index in [1.807, 2.05) is 0 Å². The lowest BCUT2D eigenvalue weighted by Crippen LogP contribution is -2.40. The summed E-state index contributed by atoms with van der Waals surface area (Å²) in [7, 11) is 0. The molecular formula is C17H23N3O3. The molecule has 124 valence electrons. The Bertz CT molecular complexity index is 567. The largest absolute Gasteiger partial charge is 0.447 e. The summed E-state index contributed by atoms with van der Waals surface area (Å²) >= 11 is 0. The molecule has 23 heavy (non-hydrogen) atoms. The highest BCUT2D eigenvalue weighted by Crippen LogP contribution is 2.19. The summed E-state index contributed by atoms with van der Waals surface area (Å²) in [4.78, 5) is 27.7. The minimum absolute atomic E-state index is 0.0772. The maximum Gasteiger partial charge on any atom is 0.414 e. The maximum atomic E-state index is 12.2. The van der Waals surface area contributed by atoms with Crippen molar-refractivity contribution in [3.05, 3.63) is 29.8 Å². The molecule has 2 aliphatic heterocycles. The van der Waals surface area contributed by atoms with Gasteiger partial charge < -0.3 is 10.1 Å². The van der Waals surface area contributed by atoms with Gasteiger partial charge in [0.1, 0.15) is 6.61 Å². The second-order valence-corrected chi connectivity index (χ2v) is 6.12. The molecule has 6 nitrogen and oxygen atoms in total. The van der Waals surface area contributed by atoms with Gasteiger partial charge in [-0.15, -0.1) is 0 Å². The average molecular weight is 317 g/mol. The van der Waals surface area contributed by atoms with E-state index in [2.05, 4.69) is 17.1 Å². The summed E-state index contributed by atoms with van der Waals surface area (Å²) in [5.74, 6) is -0.0772. The van der Waals surface area contributed by atoms with Crippen molar-refractivity contribution in [2.45, 2.75) is 25.8 Å². The zero-order valence-corrected chi connectivity index (χ0v) is 13.5. The molecule has 6 heteroatoms. The molecule has 0 aromatic heterocycles. The van der Waals surface area contributed by atoms with Crippen LogP contribution in [0, 0.1) is 0 Å². The van der Waals surface area contributed by atoms with Crippen molar-refractivity contribution in [3.63, 3.8) is 0 Å². The SMILES string of the molecule is CC(CNC(=O)c1ccc(N2CCOC2=O)cc1)N1CCCC1. The van der Waals surface area contributed by atoms with Crippen molar-refractivity contribution in [2.75, 3.05) is 37.7 Å². The van der Waals surface area contributed by atoms with Crippen molar-refractivity contribution in [2.24, 2.45) is 0 Å². The Morgan fingerprint density at radius 1 is 1.22 bits per heavy atom. The van der Waals surface area contributed by atoms with E-state index in [1.54, 1.807) is 29.2 Å². The summed E-state index contributed by atoms with van der Waals surface area (Å²) in [6, 6.07) is 7.42. The monoisotopic (exact) mass is 317 g/mol. The minimum Gasteiger partial charge on any atom is -0.447 e. The lowest BCUT2D eigenvalue weighted by atomic mass is 10.1. The summed E-state index contributed by atoms with van der Waals surface area (Å²) in [5, 5.41) is 2.99. The third kappa shape index (κ3) is 3.64. The number of ether oxygens (including phenoxy) is 1. The fourth-order valence-electron chi connectivity index (χ4n) is 3.07. The second-order valence-electron chi connectivity index (χ2n) is 6.12. The molecular weight excluding hydrogens is 294 g/mol. The molecule has 1 aromatic rings. The zero-order chi connectivity index (χ0) is 16.2. The summed E-state index contributed by atoms with van der Waals surface area (Å²) < 4.78 is 4.91. The fraction of sp³-hybridized carbons (Fsp3) is 0.529. The van der Waals surface area contributed by atoms with E-state index in [1.165, 1.54) is 12.8 Å². The van der Waals surface area contributed by atoms with Crippen molar-refractivity contribution in [1.82, 2.24) is 10.2 Å². The third-order valence-corrected chi connectivity index (χ3v) is 4.52. The van der Waals surface area contributed by atoms with E-state index in [0.717, 1.165) is 18.8 Å². The average Bonchev–Trinajstić information content (AvgIpc) is 3.24. The summed E-state index contributed by atoms with van der Waals surface area (Å²) in [6.07, 6.45) is 2.17. The number of anilines is 1. The topological polar surface area (TPSA) is 61.9 Å². The fourth-order valence-corrected chi connectivity index (χ4v) is 3.07. The van der Waals surface area contributed by atoms with Crippen LogP contribution < -0.4 is 10.2 Å². The molecule has 0 bridgehead atoms. The van der Waals surface area contributed by atoms with Crippen LogP contribution in [0.25, 0.3) is 0 Å². The van der Waals surface area contributed by atoms with Gasteiger partial charge in [0.25, 0.3) is 5.91 Å². The van der Waals surface area contributed by atoms with Crippen LogP contribution in [0.15, 0.2) is 24.3 Å². The van der Waals surface area contributed by atoms with E-state index < -0.39 is 0 Å². The minimum atomic E-state index is -0.332. The predicted octanol–water partition coefficient (Wildman–Crippen LogP) is 1.86. The molecule has 2 aliphatic rings. The molecule has 1 unspecified atom stereocenters. The van der Waals surface area contributed by atoms with Gasteiger partial charge in [-0.3, -0.25) is 14.6 Å². The van der Waals surface area contributed by atoms with Crippen LogP contribution in [0.2, 0.25) is 0 Å². The van der Waals surface area contributed by atoms with E-state index in [-0.39, 0.29) is 12.0 Å². The smallest absolute Gasteiger partial charge is 0.414 e. The lowest BCUT2D eigenvalue weighted by Gasteiger charge is -2.23. The molecule has 2 saturated heterocycles. The molecule has 1 N–H and O–H groups in total. The van der Waals surface area contributed by atoms with Gasteiger partial charge in [0, 0.05) is 23.8 Å². The van der Waals surface area contributed by atoms with Crippen LogP contribution in [0.4, 0.5) is 10.5 Å². The quantitative estimate of drug-likeness (QED) is 0.900. The molecule has 0 aliphatic carbocycles. The zero-order valence-electron chi connectivity index (χ0n) is 13.5. The number of nitrogens with zero attached hydrogens (tertiary/aromatic N) is 2. The van der Waals surface area contributed by atoms with Crippen molar-refractivity contribution in [3.8, 4) is 0 Å². The van der Waals surface area contributed by atoms with Crippen LogP contribution in [-0.2, 0) is 4.74 Å². The Labute approximate surface area is 136 Å². The number of carbonyl (C=O) groups excluding carboxylic acids is 2. The Hall–Kier alpha value is -2.08. The Balaban J connectivity index is 1.54. The highest BCUT2D eigenvalue weighted by molar-refractivity contribution is 5.95. The van der Waals surface area contributed by atoms with Crippen LogP contribution >= 0.6 is 0 Å². The van der Waals surface area contributed by atoms with Gasteiger partial charge in [-0.25, -0.2) is 4.79 Å². The molecule has 2 heterocycles.